The van der Waals surface area contributed by atoms with Gasteiger partial charge < -0.3 is 10.6 Å². The zero-order valence-electron chi connectivity index (χ0n) is 13.2. The second-order valence-electron chi connectivity index (χ2n) is 5.48. The summed E-state index contributed by atoms with van der Waals surface area (Å²) in [5, 5.41) is 0. The third-order valence-corrected chi connectivity index (χ3v) is 3.91. The quantitative estimate of drug-likeness (QED) is 0.879. The molecule has 0 aliphatic rings. The molecule has 0 aliphatic carbocycles. The second-order valence-corrected chi connectivity index (χ2v) is 5.48. The van der Waals surface area contributed by atoms with E-state index in [2.05, 4.69) is 60.1 Å². The molecule has 1 unspecified atom stereocenters. The van der Waals surface area contributed by atoms with Crippen LogP contribution in [0.15, 0.2) is 42.6 Å². The summed E-state index contributed by atoms with van der Waals surface area (Å²) in [7, 11) is 2.04. The Hall–Kier alpha value is -1.87. The van der Waals surface area contributed by atoms with Gasteiger partial charge in [0, 0.05) is 25.0 Å². The molecule has 0 bridgehead atoms. The molecule has 0 saturated carbocycles. The first-order valence-electron chi connectivity index (χ1n) is 7.67. The van der Waals surface area contributed by atoms with Crippen molar-refractivity contribution in [3.05, 3.63) is 53.7 Å². The van der Waals surface area contributed by atoms with E-state index < -0.39 is 0 Å². The van der Waals surface area contributed by atoms with Crippen LogP contribution in [0.5, 0.6) is 0 Å². The van der Waals surface area contributed by atoms with Gasteiger partial charge >= 0.3 is 0 Å². The zero-order valence-corrected chi connectivity index (χ0v) is 13.2. The molecule has 3 nitrogen and oxygen atoms in total. The van der Waals surface area contributed by atoms with Crippen LogP contribution in [-0.4, -0.2) is 18.1 Å². The summed E-state index contributed by atoms with van der Waals surface area (Å²) in [5.41, 5.74) is 9.68. The van der Waals surface area contributed by atoms with Crippen LogP contribution in [-0.2, 0) is 12.8 Å². The highest BCUT2D eigenvalue weighted by Crippen LogP contribution is 2.22. The molecule has 2 N–H and O–H groups in total. The van der Waals surface area contributed by atoms with Crippen LogP contribution in [0.1, 0.15) is 31.4 Å². The maximum absolute atomic E-state index is 5.98. The maximum Gasteiger partial charge on any atom is 0.132 e. The molecule has 0 saturated heterocycles. The van der Waals surface area contributed by atoms with Gasteiger partial charge in [-0.1, -0.05) is 32.0 Å². The van der Waals surface area contributed by atoms with Crippen molar-refractivity contribution in [2.45, 2.75) is 39.2 Å². The van der Waals surface area contributed by atoms with Gasteiger partial charge in [0.05, 0.1) is 0 Å². The molecule has 0 radical (unpaired) electrons. The maximum atomic E-state index is 5.98. The standard InChI is InChI=1S/C18H25N3/c1-4-14-6-9-17(10-7-14)21(3)18-11-8-15(13-20-18)12-16(19)5-2/h6-11,13,16H,4-5,12,19H2,1-3H3. The third-order valence-electron chi connectivity index (χ3n) is 3.91. The van der Waals surface area contributed by atoms with Gasteiger partial charge in [0.1, 0.15) is 5.82 Å². The lowest BCUT2D eigenvalue weighted by molar-refractivity contribution is 0.645. The Morgan fingerprint density at radius 3 is 2.24 bits per heavy atom. The predicted molar refractivity (Wildman–Crippen MR) is 90.1 cm³/mol. The molecule has 0 fully saturated rings. The summed E-state index contributed by atoms with van der Waals surface area (Å²) >= 11 is 0. The summed E-state index contributed by atoms with van der Waals surface area (Å²) in [6.07, 6.45) is 4.88. The molecular weight excluding hydrogens is 258 g/mol. The normalized spacial score (nSPS) is 12.2. The highest BCUT2D eigenvalue weighted by molar-refractivity contribution is 5.59. The van der Waals surface area contributed by atoms with E-state index in [1.165, 1.54) is 11.1 Å². The van der Waals surface area contributed by atoms with Gasteiger partial charge in [-0.25, -0.2) is 4.98 Å². The highest BCUT2D eigenvalue weighted by Gasteiger charge is 2.07. The van der Waals surface area contributed by atoms with Crippen molar-refractivity contribution in [3.8, 4) is 0 Å². The van der Waals surface area contributed by atoms with Crippen LogP contribution in [0, 0.1) is 0 Å². The molecule has 2 rings (SSSR count). The molecule has 3 heteroatoms. The van der Waals surface area contributed by atoms with E-state index in [0.717, 1.165) is 30.8 Å². The van der Waals surface area contributed by atoms with Gasteiger partial charge in [0.15, 0.2) is 0 Å². The third kappa shape index (κ3) is 4.05. The fourth-order valence-corrected chi connectivity index (χ4v) is 2.27. The molecule has 1 aromatic heterocycles. The SMILES string of the molecule is CCc1ccc(N(C)c2ccc(CC(N)CC)cn2)cc1. The van der Waals surface area contributed by atoms with E-state index in [1.54, 1.807) is 0 Å². The van der Waals surface area contributed by atoms with E-state index >= 15 is 0 Å². The summed E-state index contributed by atoms with van der Waals surface area (Å²) in [6, 6.07) is 13.0. The molecule has 21 heavy (non-hydrogen) atoms. The summed E-state index contributed by atoms with van der Waals surface area (Å²) in [4.78, 5) is 6.66. The number of nitrogens with two attached hydrogens (primary N) is 1. The van der Waals surface area contributed by atoms with E-state index in [4.69, 9.17) is 5.73 Å². The Morgan fingerprint density at radius 1 is 1.05 bits per heavy atom. The smallest absolute Gasteiger partial charge is 0.132 e. The molecule has 1 heterocycles. The predicted octanol–water partition coefficient (Wildman–Crippen LogP) is 3.69. The van der Waals surface area contributed by atoms with Crippen molar-refractivity contribution in [3.63, 3.8) is 0 Å². The number of hydrogen-bond donors (Lipinski definition) is 1. The van der Waals surface area contributed by atoms with Crippen LogP contribution < -0.4 is 10.6 Å². The number of benzene rings is 1. The number of anilines is 2. The molecule has 0 amide bonds. The number of hydrogen-bond acceptors (Lipinski definition) is 3. The monoisotopic (exact) mass is 283 g/mol. The Balaban J connectivity index is 2.09. The molecule has 112 valence electrons. The van der Waals surface area contributed by atoms with Crippen LogP contribution >= 0.6 is 0 Å². The minimum Gasteiger partial charge on any atom is -0.329 e. The number of rotatable bonds is 6. The number of pyridine rings is 1. The molecule has 1 atom stereocenters. The Morgan fingerprint density at radius 2 is 1.71 bits per heavy atom. The van der Waals surface area contributed by atoms with Crippen LogP contribution in [0.25, 0.3) is 0 Å². The molecule has 1 aromatic carbocycles. The minimum atomic E-state index is 0.219. The Bertz CT molecular complexity index is 546. The summed E-state index contributed by atoms with van der Waals surface area (Å²) < 4.78 is 0. The second kappa shape index (κ2) is 7.23. The lowest BCUT2D eigenvalue weighted by Crippen LogP contribution is -2.21. The largest absolute Gasteiger partial charge is 0.329 e. The number of aryl methyl sites for hydroxylation is 1. The van der Waals surface area contributed by atoms with Crippen molar-refractivity contribution in [2.75, 3.05) is 11.9 Å². The topological polar surface area (TPSA) is 42.1 Å². The average Bonchev–Trinajstić information content (AvgIpc) is 2.55. The average molecular weight is 283 g/mol. The molecular formula is C18H25N3. The lowest BCUT2D eigenvalue weighted by atomic mass is 10.1. The van der Waals surface area contributed by atoms with Gasteiger partial charge in [-0.15, -0.1) is 0 Å². The Labute approximate surface area is 127 Å². The molecule has 0 aliphatic heterocycles. The Kier molecular flexibility index (Phi) is 5.34. The molecule has 2 aromatic rings. The zero-order chi connectivity index (χ0) is 15.2. The van der Waals surface area contributed by atoms with Crippen molar-refractivity contribution in [1.82, 2.24) is 4.98 Å². The van der Waals surface area contributed by atoms with E-state index in [1.807, 2.05) is 13.2 Å². The summed E-state index contributed by atoms with van der Waals surface area (Å²) in [5.74, 6) is 0.952. The van der Waals surface area contributed by atoms with Gasteiger partial charge in [-0.2, -0.15) is 0 Å². The van der Waals surface area contributed by atoms with E-state index in [0.29, 0.717) is 0 Å². The van der Waals surface area contributed by atoms with Crippen LogP contribution in [0.2, 0.25) is 0 Å². The minimum absolute atomic E-state index is 0.219. The van der Waals surface area contributed by atoms with Crippen LogP contribution in [0.3, 0.4) is 0 Å². The molecule has 0 spiro atoms. The number of aromatic nitrogens is 1. The number of nitrogens with zero attached hydrogens (tertiary/aromatic N) is 2. The lowest BCUT2D eigenvalue weighted by Gasteiger charge is -2.19. The van der Waals surface area contributed by atoms with Gasteiger partial charge in [-0.3, -0.25) is 0 Å². The van der Waals surface area contributed by atoms with Crippen molar-refractivity contribution < 1.29 is 0 Å². The van der Waals surface area contributed by atoms with Gasteiger partial charge in [0.2, 0.25) is 0 Å². The van der Waals surface area contributed by atoms with Crippen molar-refractivity contribution >= 4 is 11.5 Å². The fourth-order valence-electron chi connectivity index (χ4n) is 2.27. The first-order valence-corrected chi connectivity index (χ1v) is 7.67. The first-order chi connectivity index (χ1) is 10.1. The van der Waals surface area contributed by atoms with Gasteiger partial charge in [-0.05, 0) is 48.6 Å². The van der Waals surface area contributed by atoms with Crippen LogP contribution in [0.4, 0.5) is 11.5 Å². The highest BCUT2D eigenvalue weighted by atomic mass is 15.2. The summed E-state index contributed by atoms with van der Waals surface area (Å²) in [6.45, 7) is 4.28. The van der Waals surface area contributed by atoms with Gasteiger partial charge in [0.25, 0.3) is 0 Å². The van der Waals surface area contributed by atoms with E-state index in [-0.39, 0.29) is 6.04 Å². The fraction of sp³-hybridized carbons (Fsp3) is 0.389. The van der Waals surface area contributed by atoms with Crippen molar-refractivity contribution in [2.24, 2.45) is 5.73 Å². The van der Waals surface area contributed by atoms with Crippen molar-refractivity contribution in [1.29, 1.82) is 0 Å². The van der Waals surface area contributed by atoms with E-state index in [9.17, 15) is 0 Å². The first kappa shape index (κ1) is 15.5.